The maximum absolute atomic E-state index is 13.2. The minimum absolute atomic E-state index is 0.0552. The Bertz CT molecular complexity index is 1760. The van der Waals surface area contributed by atoms with Gasteiger partial charge in [-0.1, -0.05) is 12.1 Å². The van der Waals surface area contributed by atoms with Crippen LogP contribution in [0.3, 0.4) is 0 Å². The van der Waals surface area contributed by atoms with E-state index in [0.717, 1.165) is 5.56 Å². The predicted molar refractivity (Wildman–Crippen MR) is 127 cm³/mol. The SMILES string of the molecule is O=c1oc2cc(O)ccc2c2c3c4ccc(O)cc4oc(=O)c3n(CCc3ccc(O)cc3)c12. The molecule has 3 aromatic heterocycles. The summed E-state index contributed by atoms with van der Waals surface area (Å²) < 4.78 is 12.7. The molecule has 168 valence electrons. The van der Waals surface area contributed by atoms with Gasteiger partial charge in [0.2, 0.25) is 0 Å². The molecule has 3 aromatic carbocycles. The van der Waals surface area contributed by atoms with Crippen LogP contribution in [0, 0.1) is 0 Å². The Morgan fingerprint density at radius 3 is 1.62 bits per heavy atom. The van der Waals surface area contributed by atoms with Crippen LogP contribution in [0.5, 0.6) is 17.2 Å². The van der Waals surface area contributed by atoms with E-state index in [9.17, 15) is 24.9 Å². The topological polar surface area (TPSA) is 126 Å². The van der Waals surface area contributed by atoms with Crippen molar-refractivity contribution in [2.75, 3.05) is 0 Å². The molecule has 3 N–H and O–H groups in total. The van der Waals surface area contributed by atoms with Gasteiger partial charge in [0.05, 0.1) is 0 Å². The van der Waals surface area contributed by atoms with Gasteiger partial charge in [-0.2, -0.15) is 0 Å². The van der Waals surface area contributed by atoms with Crippen molar-refractivity contribution in [3.05, 3.63) is 87.1 Å². The number of hydrogen-bond donors (Lipinski definition) is 3. The third-order valence-corrected chi connectivity index (χ3v) is 6.08. The molecule has 0 aliphatic carbocycles. The van der Waals surface area contributed by atoms with Crippen LogP contribution in [0.15, 0.2) is 79.1 Å². The summed E-state index contributed by atoms with van der Waals surface area (Å²) in [6.07, 6.45) is 0.471. The van der Waals surface area contributed by atoms with E-state index in [-0.39, 0.29) is 46.0 Å². The lowest BCUT2D eigenvalue weighted by Crippen LogP contribution is -2.12. The zero-order valence-corrected chi connectivity index (χ0v) is 17.6. The first kappa shape index (κ1) is 19.9. The van der Waals surface area contributed by atoms with E-state index in [0.29, 0.717) is 28.0 Å². The highest BCUT2D eigenvalue weighted by atomic mass is 16.4. The number of aromatic nitrogens is 1. The van der Waals surface area contributed by atoms with Gasteiger partial charge in [-0.15, -0.1) is 0 Å². The Balaban J connectivity index is 1.76. The van der Waals surface area contributed by atoms with Crippen molar-refractivity contribution in [3.8, 4) is 17.2 Å². The second kappa shape index (κ2) is 7.14. The van der Waals surface area contributed by atoms with E-state index in [2.05, 4.69) is 0 Å². The van der Waals surface area contributed by atoms with Crippen molar-refractivity contribution in [1.82, 2.24) is 4.57 Å². The Hall–Kier alpha value is -4.72. The third kappa shape index (κ3) is 2.92. The number of phenolic OH excluding ortho intramolecular Hbond substituents is 3. The monoisotopic (exact) mass is 455 g/mol. The number of aryl methyl sites for hydroxylation is 2. The van der Waals surface area contributed by atoms with E-state index in [1.165, 1.54) is 24.3 Å². The summed E-state index contributed by atoms with van der Waals surface area (Å²) in [6.45, 7) is 0.271. The van der Waals surface area contributed by atoms with Gasteiger partial charge in [0, 0.05) is 40.2 Å². The number of benzene rings is 3. The molecule has 0 unspecified atom stereocenters. The minimum atomic E-state index is -0.652. The molecule has 0 spiro atoms. The summed E-state index contributed by atoms with van der Waals surface area (Å²) in [5, 5.41) is 31.5. The van der Waals surface area contributed by atoms with Gasteiger partial charge in [0.15, 0.2) is 0 Å². The first-order valence-corrected chi connectivity index (χ1v) is 10.6. The van der Waals surface area contributed by atoms with Crippen molar-refractivity contribution >= 4 is 43.7 Å². The smallest absolute Gasteiger partial charge is 0.361 e. The van der Waals surface area contributed by atoms with Crippen LogP contribution in [0.25, 0.3) is 43.7 Å². The highest BCUT2D eigenvalue weighted by Gasteiger charge is 2.23. The van der Waals surface area contributed by atoms with E-state index >= 15 is 0 Å². The molecule has 0 fully saturated rings. The summed E-state index contributed by atoms with van der Waals surface area (Å²) in [4.78, 5) is 26.4. The molecule has 0 saturated heterocycles. The average molecular weight is 455 g/mol. The number of fused-ring (bicyclic) bond motifs is 7. The molecule has 0 saturated carbocycles. The van der Waals surface area contributed by atoms with Gasteiger partial charge in [-0.05, 0) is 48.4 Å². The van der Waals surface area contributed by atoms with Crippen LogP contribution in [0.1, 0.15) is 5.56 Å². The van der Waals surface area contributed by atoms with Crippen molar-refractivity contribution in [2.24, 2.45) is 0 Å². The molecule has 0 aliphatic rings. The Morgan fingerprint density at radius 2 is 1.12 bits per heavy atom. The summed E-state index contributed by atoms with van der Waals surface area (Å²) >= 11 is 0. The zero-order valence-electron chi connectivity index (χ0n) is 17.6. The lowest BCUT2D eigenvalue weighted by molar-refractivity contribution is 0.472. The fourth-order valence-corrected chi connectivity index (χ4v) is 4.60. The predicted octanol–water partition coefficient (Wildman–Crippen LogP) is 4.37. The summed E-state index contributed by atoms with van der Waals surface area (Å²) in [5.74, 6) is 0.0343. The standard InChI is InChI=1S/C26H17NO7/c28-14-3-1-13(2-4-14)9-10-27-23-21(17-7-5-15(29)11-19(17)33-25(23)31)22-18-8-6-16(30)12-20(18)34-26(32)24(22)27/h1-8,11-12,28-30H,9-10H2. The van der Waals surface area contributed by atoms with Crippen molar-refractivity contribution in [2.45, 2.75) is 13.0 Å². The maximum Gasteiger partial charge on any atom is 0.361 e. The van der Waals surface area contributed by atoms with Crippen LogP contribution in [0.2, 0.25) is 0 Å². The van der Waals surface area contributed by atoms with Crippen LogP contribution in [-0.4, -0.2) is 19.9 Å². The molecule has 8 nitrogen and oxygen atoms in total. The molecular formula is C26H17NO7. The van der Waals surface area contributed by atoms with Crippen molar-refractivity contribution in [1.29, 1.82) is 0 Å². The third-order valence-electron chi connectivity index (χ3n) is 6.08. The first-order chi connectivity index (χ1) is 16.4. The maximum atomic E-state index is 13.2. The number of hydrogen-bond acceptors (Lipinski definition) is 7. The highest BCUT2D eigenvalue weighted by molar-refractivity contribution is 6.26. The van der Waals surface area contributed by atoms with Gasteiger partial charge in [-0.3, -0.25) is 0 Å². The first-order valence-electron chi connectivity index (χ1n) is 10.6. The lowest BCUT2D eigenvalue weighted by atomic mass is 10.1. The van der Waals surface area contributed by atoms with E-state index in [4.69, 9.17) is 8.83 Å². The zero-order chi connectivity index (χ0) is 23.6. The fourth-order valence-electron chi connectivity index (χ4n) is 4.60. The van der Waals surface area contributed by atoms with Crippen LogP contribution < -0.4 is 11.3 Å². The Labute approximate surface area is 190 Å². The molecule has 6 aromatic rings. The van der Waals surface area contributed by atoms with E-state index in [1.807, 2.05) is 0 Å². The largest absolute Gasteiger partial charge is 0.508 e. The second-order valence-electron chi connectivity index (χ2n) is 8.16. The molecule has 34 heavy (non-hydrogen) atoms. The molecule has 0 radical (unpaired) electrons. The number of rotatable bonds is 3. The molecule has 8 heteroatoms. The quantitative estimate of drug-likeness (QED) is 0.338. The Morgan fingerprint density at radius 1 is 0.647 bits per heavy atom. The summed E-state index contributed by atoms with van der Waals surface area (Å²) in [5.41, 5.74) is 0.394. The van der Waals surface area contributed by atoms with Crippen LogP contribution in [-0.2, 0) is 13.0 Å². The minimum Gasteiger partial charge on any atom is -0.508 e. The number of phenols is 3. The summed E-state index contributed by atoms with van der Waals surface area (Å²) in [7, 11) is 0. The molecule has 0 atom stereocenters. The number of aromatic hydroxyl groups is 3. The van der Waals surface area contributed by atoms with Gasteiger partial charge in [-0.25, -0.2) is 9.59 Å². The fraction of sp³-hybridized carbons (Fsp3) is 0.0769. The Kier molecular flexibility index (Phi) is 4.19. The average Bonchev–Trinajstić information content (AvgIpc) is 3.15. The van der Waals surface area contributed by atoms with Crippen molar-refractivity contribution < 1.29 is 24.2 Å². The highest BCUT2D eigenvalue weighted by Crippen LogP contribution is 2.37. The van der Waals surface area contributed by atoms with Gasteiger partial charge in [0.25, 0.3) is 0 Å². The van der Waals surface area contributed by atoms with Crippen LogP contribution in [0.4, 0.5) is 0 Å². The van der Waals surface area contributed by atoms with Crippen LogP contribution >= 0.6 is 0 Å². The van der Waals surface area contributed by atoms with E-state index in [1.54, 1.807) is 41.0 Å². The molecule has 0 amide bonds. The molecule has 6 rings (SSSR count). The number of nitrogens with zero attached hydrogens (tertiary/aromatic N) is 1. The molecule has 0 aliphatic heterocycles. The van der Waals surface area contributed by atoms with Crippen molar-refractivity contribution in [3.63, 3.8) is 0 Å². The summed E-state index contributed by atoms with van der Waals surface area (Å²) in [6, 6.07) is 15.6. The van der Waals surface area contributed by atoms with Gasteiger partial charge >= 0.3 is 11.3 Å². The van der Waals surface area contributed by atoms with Gasteiger partial charge in [0.1, 0.15) is 39.4 Å². The normalized spacial score (nSPS) is 11.8. The lowest BCUT2D eigenvalue weighted by Gasteiger charge is -2.07. The van der Waals surface area contributed by atoms with E-state index < -0.39 is 11.3 Å². The molecule has 0 bridgehead atoms. The van der Waals surface area contributed by atoms with Gasteiger partial charge < -0.3 is 28.7 Å². The second-order valence-corrected chi connectivity index (χ2v) is 8.16. The molecular weight excluding hydrogens is 438 g/mol. The molecule has 3 heterocycles.